The van der Waals surface area contributed by atoms with Crippen LogP contribution in [0.2, 0.25) is 0 Å². The Kier molecular flexibility index (Phi) is 8.22. The van der Waals surface area contributed by atoms with Gasteiger partial charge in [-0.05, 0) is 119 Å². The summed E-state index contributed by atoms with van der Waals surface area (Å²) in [6, 6.07) is 0. The van der Waals surface area contributed by atoms with Crippen LogP contribution in [0.1, 0.15) is 106 Å². The highest BCUT2D eigenvalue weighted by Crippen LogP contribution is 2.89. The molecule has 0 bridgehead atoms. The van der Waals surface area contributed by atoms with E-state index in [2.05, 4.69) is 34.3 Å². The number of ether oxygens (including phenoxy) is 4. The van der Waals surface area contributed by atoms with Crippen LogP contribution in [-0.2, 0) is 18.9 Å². The molecule has 0 radical (unpaired) electrons. The van der Waals surface area contributed by atoms with E-state index in [1.807, 2.05) is 6.92 Å². The van der Waals surface area contributed by atoms with Crippen molar-refractivity contribution in [2.45, 2.75) is 166 Å². The Bertz CT molecular complexity index is 1280. The molecule has 0 aromatic rings. The Labute approximate surface area is 286 Å². The fourth-order valence-corrected chi connectivity index (χ4v) is 13.8. The molecule has 7 fully saturated rings. The molecule has 2 heterocycles. The van der Waals surface area contributed by atoms with Crippen molar-refractivity contribution in [1.29, 1.82) is 0 Å². The summed E-state index contributed by atoms with van der Waals surface area (Å²) in [5.41, 5.74) is -3.28. The Balaban J connectivity index is 1.21. The fourth-order valence-electron chi connectivity index (χ4n) is 13.8. The molecule has 48 heavy (non-hydrogen) atoms. The van der Waals surface area contributed by atoms with Crippen molar-refractivity contribution in [1.82, 2.24) is 0 Å². The van der Waals surface area contributed by atoms with Crippen LogP contribution >= 0.6 is 0 Å². The van der Waals surface area contributed by atoms with Gasteiger partial charge in [0.1, 0.15) is 24.4 Å². The fraction of sp³-hybridized carbons (Fsp3) is 0.947. The van der Waals surface area contributed by atoms with Crippen LogP contribution in [0, 0.1) is 44.8 Å². The van der Waals surface area contributed by atoms with Gasteiger partial charge in [0, 0.05) is 11.3 Å². The van der Waals surface area contributed by atoms with Gasteiger partial charge in [-0.1, -0.05) is 27.4 Å². The standard InChI is InChI=1S/C38H62O10/c1-20(2)46-22-15-34(7)24-10-9-23-32(3,4)26(47-31-29(43)28(42)21(40)17-45-31)12-14-36(23)18-37(24,36)16-25(41)38(34,19-39)30(22)35(8)13-11-27(48-35)33(5,6)44/h21-31,39-44H,1,9-19H2,2-8H3. The van der Waals surface area contributed by atoms with Crippen molar-refractivity contribution in [3.8, 4) is 0 Å². The highest BCUT2D eigenvalue weighted by Gasteiger charge is 2.86. The molecule has 2 saturated heterocycles. The maximum absolute atomic E-state index is 12.7. The highest BCUT2D eigenvalue weighted by molar-refractivity contribution is 5.34. The third-order valence-electron chi connectivity index (χ3n) is 15.8. The second-order valence-electron chi connectivity index (χ2n) is 18.9. The Morgan fingerprint density at radius 1 is 0.917 bits per heavy atom. The SMILES string of the molecule is C=C(C)OC1CC2(C)C3CCC4C(C)(C)C(OC5OCC(O)C(O)C5O)CCC45CC35CC(O)C2(CO)C1C1(C)CCC(C(C)(C)O)O1. The highest BCUT2D eigenvalue weighted by atomic mass is 16.7. The Morgan fingerprint density at radius 3 is 2.23 bits per heavy atom. The van der Waals surface area contributed by atoms with E-state index in [-0.39, 0.29) is 59.6 Å². The molecule has 10 heteroatoms. The van der Waals surface area contributed by atoms with Crippen molar-refractivity contribution < 1.29 is 49.6 Å². The number of aliphatic hydroxyl groups is 6. The molecule has 6 N–H and O–H groups in total. The van der Waals surface area contributed by atoms with Gasteiger partial charge >= 0.3 is 0 Å². The van der Waals surface area contributed by atoms with E-state index in [1.165, 1.54) is 0 Å². The van der Waals surface area contributed by atoms with Crippen molar-refractivity contribution >= 4 is 0 Å². The Morgan fingerprint density at radius 2 is 1.60 bits per heavy atom. The smallest absolute Gasteiger partial charge is 0.186 e. The van der Waals surface area contributed by atoms with Crippen LogP contribution in [-0.4, -0.2) is 104 Å². The summed E-state index contributed by atoms with van der Waals surface area (Å²) in [5, 5.41) is 66.1. The molecule has 5 saturated carbocycles. The van der Waals surface area contributed by atoms with Gasteiger partial charge in [-0.2, -0.15) is 0 Å². The number of fused-ring (bicyclic) bond motifs is 2. The molecule has 0 amide bonds. The summed E-state index contributed by atoms with van der Waals surface area (Å²) in [7, 11) is 0. The average Bonchev–Trinajstić information content (AvgIpc) is 3.29. The van der Waals surface area contributed by atoms with Crippen molar-refractivity contribution in [3.05, 3.63) is 12.3 Å². The normalized spacial score (nSPS) is 55.6. The number of allylic oxidation sites excluding steroid dienone is 1. The van der Waals surface area contributed by atoms with Crippen LogP contribution < -0.4 is 0 Å². The minimum Gasteiger partial charge on any atom is -0.495 e. The molecular formula is C38H62O10. The number of rotatable bonds is 7. The minimum atomic E-state index is -1.32. The molecule has 0 aromatic heterocycles. The maximum atomic E-state index is 12.7. The molecule has 2 spiro atoms. The third-order valence-corrected chi connectivity index (χ3v) is 15.8. The zero-order valence-corrected chi connectivity index (χ0v) is 30.2. The number of hydrogen-bond acceptors (Lipinski definition) is 10. The molecule has 7 rings (SSSR count). The zero-order chi connectivity index (χ0) is 35.0. The third kappa shape index (κ3) is 4.55. The number of hydrogen-bond donors (Lipinski definition) is 6. The molecular weight excluding hydrogens is 616 g/mol. The minimum absolute atomic E-state index is 0.0369. The lowest BCUT2D eigenvalue weighted by molar-refractivity contribution is -0.304. The summed E-state index contributed by atoms with van der Waals surface area (Å²) in [4.78, 5) is 0. The second kappa shape index (κ2) is 11.1. The van der Waals surface area contributed by atoms with E-state index >= 15 is 0 Å². The lowest BCUT2D eigenvalue weighted by Crippen LogP contribution is -2.66. The molecule has 7 aliphatic rings. The van der Waals surface area contributed by atoms with Crippen molar-refractivity contribution in [2.75, 3.05) is 13.2 Å². The molecule has 16 atom stereocenters. The van der Waals surface area contributed by atoms with Crippen LogP contribution in [0.15, 0.2) is 12.3 Å². The van der Waals surface area contributed by atoms with Gasteiger partial charge in [0.15, 0.2) is 6.29 Å². The number of aliphatic hydroxyl groups excluding tert-OH is 5. The molecule has 2 aliphatic heterocycles. The van der Waals surface area contributed by atoms with Crippen LogP contribution in [0.3, 0.4) is 0 Å². The summed E-state index contributed by atoms with van der Waals surface area (Å²) in [5.74, 6) is 0.934. The molecule has 10 nitrogen and oxygen atoms in total. The first-order valence-corrected chi connectivity index (χ1v) is 18.6. The molecule has 274 valence electrons. The first-order chi connectivity index (χ1) is 22.2. The van der Waals surface area contributed by atoms with Crippen molar-refractivity contribution in [3.63, 3.8) is 0 Å². The lowest BCUT2D eigenvalue weighted by Gasteiger charge is -2.65. The van der Waals surface area contributed by atoms with Gasteiger partial charge in [-0.15, -0.1) is 0 Å². The van der Waals surface area contributed by atoms with Gasteiger partial charge in [0.25, 0.3) is 0 Å². The van der Waals surface area contributed by atoms with Crippen LogP contribution in [0.4, 0.5) is 0 Å². The monoisotopic (exact) mass is 678 g/mol. The van der Waals surface area contributed by atoms with Crippen molar-refractivity contribution in [2.24, 2.45) is 44.8 Å². The van der Waals surface area contributed by atoms with Gasteiger partial charge in [-0.25, -0.2) is 0 Å². The molecule has 16 unspecified atom stereocenters. The second-order valence-corrected chi connectivity index (χ2v) is 18.9. The van der Waals surface area contributed by atoms with E-state index in [9.17, 15) is 30.6 Å². The van der Waals surface area contributed by atoms with Gasteiger partial charge in [0.05, 0.1) is 48.5 Å². The lowest BCUT2D eigenvalue weighted by atomic mass is 9.40. The first-order valence-electron chi connectivity index (χ1n) is 18.6. The van der Waals surface area contributed by atoms with E-state index in [0.717, 1.165) is 32.1 Å². The van der Waals surface area contributed by atoms with Crippen LogP contribution in [0.25, 0.3) is 0 Å². The maximum Gasteiger partial charge on any atom is 0.186 e. The predicted octanol–water partition coefficient (Wildman–Crippen LogP) is 3.43. The van der Waals surface area contributed by atoms with Crippen LogP contribution in [0.5, 0.6) is 0 Å². The summed E-state index contributed by atoms with van der Waals surface area (Å²) in [6.45, 7) is 18.2. The van der Waals surface area contributed by atoms with E-state index in [4.69, 9.17) is 18.9 Å². The van der Waals surface area contributed by atoms with E-state index in [0.29, 0.717) is 37.4 Å². The summed E-state index contributed by atoms with van der Waals surface area (Å²) < 4.78 is 25.5. The quantitative estimate of drug-likeness (QED) is 0.174. The predicted molar refractivity (Wildman–Crippen MR) is 176 cm³/mol. The van der Waals surface area contributed by atoms with Gasteiger partial charge in [-0.3, -0.25) is 0 Å². The topological polar surface area (TPSA) is 158 Å². The Hall–Kier alpha value is -0.820. The molecule has 5 aliphatic carbocycles. The summed E-state index contributed by atoms with van der Waals surface area (Å²) in [6.07, 6.45) is 1.07. The largest absolute Gasteiger partial charge is 0.495 e. The van der Waals surface area contributed by atoms with E-state index in [1.54, 1.807) is 13.8 Å². The van der Waals surface area contributed by atoms with Gasteiger partial charge < -0.3 is 49.6 Å². The van der Waals surface area contributed by atoms with Gasteiger partial charge in [0.2, 0.25) is 0 Å². The average molecular weight is 679 g/mol. The summed E-state index contributed by atoms with van der Waals surface area (Å²) >= 11 is 0. The first kappa shape index (κ1) is 35.6. The zero-order valence-electron chi connectivity index (χ0n) is 30.2. The molecule has 0 aromatic carbocycles. The van der Waals surface area contributed by atoms with E-state index < -0.39 is 52.7 Å².